The minimum Gasteiger partial charge on any atom is -0.476 e. The molecule has 0 spiro atoms. The zero-order chi connectivity index (χ0) is 18.0. The molecule has 1 amide bonds. The third-order valence-electron chi connectivity index (χ3n) is 3.36. The van der Waals surface area contributed by atoms with Crippen LogP contribution in [0, 0.1) is 0 Å². The minimum atomic E-state index is -1.29. The molecule has 9 heteroatoms. The number of benzene rings is 1. The van der Waals surface area contributed by atoms with E-state index >= 15 is 0 Å². The summed E-state index contributed by atoms with van der Waals surface area (Å²) in [5.41, 5.74) is -0.854. The van der Waals surface area contributed by atoms with Gasteiger partial charge in [0.2, 0.25) is 5.91 Å². The Balaban J connectivity index is 1.94. The number of fused-ring (bicyclic) bond motifs is 1. The maximum absolute atomic E-state index is 12.4. The summed E-state index contributed by atoms with van der Waals surface area (Å²) in [6.07, 6.45) is 1.36. The molecule has 2 heterocycles. The number of halogens is 1. The fraction of sp³-hybridized carbons (Fsp3) is 0.0625. The first-order valence-corrected chi connectivity index (χ1v) is 7.48. The Bertz CT molecular complexity index is 1030. The van der Waals surface area contributed by atoms with E-state index in [0.29, 0.717) is 5.02 Å². The molecular weight excluding hydrogens is 348 g/mol. The minimum absolute atomic E-state index is 0.173. The number of aromatic carboxylic acids is 1. The van der Waals surface area contributed by atoms with Crippen molar-refractivity contribution >= 4 is 40.1 Å². The zero-order valence-corrected chi connectivity index (χ0v) is 13.4. The van der Waals surface area contributed by atoms with Gasteiger partial charge in [-0.3, -0.25) is 9.59 Å². The molecule has 0 atom stereocenters. The molecule has 8 nitrogen and oxygen atoms in total. The quantitative estimate of drug-likeness (QED) is 0.734. The molecule has 3 rings (SSSR count). The third-order valence-corrected chi connectivity index (χ3v) is 3.58. The van der Waals surface area contributed by atoms with Crippen molar-refractivity contribution in [3.63, 3.8) is 0 Å². The van der Waals surface area contributed by atoms with Gasteiger partial charge in [0, 0.05) is 11.6 Å². The number of rotatable bonds is 4. The first-order chi connectivity index (χ1) is 12.0. The molecule has 1 aromatic carbocycles. The van der Waals surface area contributed by atoms with Gasteiger partial charge in [-0.05, 0) is 18.2 Å². The van der Waals surface area contributed by atoms with Gasteiger partial charge in [-0.2, -0.15) is 5.10 Å². The van der Waals surface area contributed by atoms with Crippen LogP contribution in [0.2, 0.25) is 5.02 Å². The highest BCUT2D eigenvalue weighted by atomic mass is 35.5. The van der Waals surface area contributed by atoms with Crippen LogP contribution in [-0.2, 0) is 11.3 Å². The molecule has 0 bridgehead atoms. The van der Waals surface area contributed by atoms with Gasteiger partial charge in [-0.15, -0.1) is 0 Å². The lowest BCUT2D eigenvalue weighted by molar-refractivity contribution is -0.117. The Morgan fingerprint density at radius 3 is 2.52 bits per heavy atom. The number of hydrogen-bond acceptors (Lipinski definition) is 5. The van der Waals surface area contributed by atoms with Gasteiger partial charge >= 0.3 is 5.97 Å². The van der Waals surface area contributed by atoms with Crippen LogP contribution in [0.1, 0.15) is 10.5 Å². The molecule has 0 aliphatic rings. The average Bonchev–Trinajstić information content (AvgIpc) is 2.59. The van der Waals surface area contributed by atoms with Crippen molar-refractivity contribution in [2.45, 2.75) is 6.54 Å². The van der Waals surface area contributed by atoms with Crippen LogP contribution in [0.3, 0.4) is 0 Å². The lowest BCUT2D eigenvalue weighted by atomic mass is 10.1. The van der Waals surface area contributed by atoms with Crippen molar-refractivity contribution in [1.82, 2.24) is 14.8 Å². The van der Waals surface area contributed by atoms with Crippen LogP contribution in [0.15, 0.2) is 47.4 Å². The smallest absolute Gasteiger partial charge is 0.357 e. The summed E-state index contributed by atoms with van der Waals surface area (Å²) in [6.45, 7) is -0.450. The first-order valence-electron chi connectivity index (χ1n) is 7.10. The molecule has 3 aromatic rings. The summed E-state index contributed by atoms with van der Waals surface area (Å²) in [5.74, 6) is -1.61. The highest BCUT2D eigenvalue weighted by Crippen LogP contribution is 2.13. The Morgan fingerprint density at radius 2 is 1.88 bits per heavy atom. The lowest BCUT2D eigenvalue weighted by Crippen LogP contribution is -2.31. The molecule has 0 saturated heterocycles. The van der Waals surface area contributed by atoms with Gasteiger partial charge in [0.15, 0.2) is 5.69 Å². The number of nitrogens with zero attached hydrogens (tertiary/aromatic N) is 3. The van der Waals surface area contributed by atoms with E-state index in [1.54, 1.807) is 18.2 Å². The highest BCUT2D eigenvalue weighted by molar-refractivity contribution is 6.30. The molecule has 2 aromatic heterocycles. The molecule has 2 N–H and O–H groups in total. The maximum atomic E-state index is 12.4. The highest BCUT2D eigenvalue weighted by Gasteiger charge is 2.17. The van der Waals surface area contributed by atoms with Crippen molar-refractivity contribution < 1.29 is 14.7 Å². The summed E-state index contributed by atoms with van der Waals surface area (Å²) < 4.78 is 0.817. The van der Waals surface area contributed by atoms with Crippen LogP contribution >= 0.6 is 11.6 Å². The van der Waals surface area contributed by atoms with E-state index in [-0.39, 0.29) is 22.3 Å². The average molecular weight is 359 g/mol. The number of carboxylic acids is 1. The fourth-order valence-electron chi connectivity index (χ4n) is 2.27. The van der Waals surface area contributed by atoms with E-state index in [1.165, 1.54) is 24.4 Å². The van der Waals surface area contributed by atoms with Crippen LogP contribution in [-0.4, -0.2) is 31.7 Å². The number of anilines is 1. The van der Waals surface area contributed by atoms with Gasteiger partial charge in [-0.1, -0.05) is 29.8 Å². The lowest BCUT2D eigenvalue weighted by Gasteiger charge is -2.09. The second-order valence-electron chi connectivity index (χ2n) is 5.07. The van der Waals surface area contributed by atoms with E-state index in [9.17, 15) is 19.5 Å². The largest absolute Gasteiger partial charge is 0.476 e. The monoisotopic (exact) mass is 358 g/mol. The van der Waals surface area contributed by atoms with Crippen LogP contribution < -0.4 is 10.9 Å². The SMILES string of the molecule is O=C(Cn1nc(C(=O)O)c2ccccc2c1=O)Nc1ccc(Cl)cn1. The molecule has 126 valence electrons. The van der Waals surface area contributed by atoms with Crippen molar-refractivity contribution in [1.29, 1.82) is 0 Å². The Morgan fingerprint density at radius 1 is 1.16 bits per heavy atom. The zero-order valence-electron chi connectivity index (χ0n) is 12.6. The van der Waals surface area contributed by atoms with Crippen molar-refractivity contribution in [3.8, 4) is 0 Å². The predicted octanol–water partition coefficient (Wildman–Crippen LogP) is 1.78. The molecule has 0 aliphatic heterocycles. The number of pyridine rings is 1. The summed E-state index contributed by atoms with van der Waals surface area (Å²) in [7, 11) is 0. The van der Waals surface area contributed by atoms with E-state index in [4.69, 9.17) is 11.6 Å². The predicted molar refractivity (Wildman–Crippen MR) is 90.8 cm³/mol. The molecule has 25 heavy (non-hydrogen) atoms. The topological polar surface area (TPSA) is 114 Å². The number of carbonyl (C=O) groups excluding carboxylic acids is 1. The second kappa shape index (κ2) is 6.70. The van der Waals surface area contributed by atoms with E-state index < -0.39 is 24.0 Å². The summed E-state index contributed by atoms with van der Waals surface area (Å²) >= 11 is 5.72. The third kappa shape index (κ3) is 3.48. The Labute approximate surface area is 145 Å². The molecule has 0 saturated carbocycles. The molecule has 0 aliphatic carbocycles. The standard InChI is InChI=1S/C16H11ClN4O4/c17-9-5-6-12(18-7-9)19-13(22)8-21-15(23)11-4-2-1-3-10(11)14(20-21)16(24)25/h1-7H,8H2,(H,24,25)(H,18,19,22). The van der Waals surface area contributed by atoms with Crippen LogP contribution in [0.4, 0.5) is 5.82 Å². The van der Waals surface area contributed by atoms with Gasteiger partial charge in [0.25, 0.3) is 5.56 Å². The Kier molecular flexibility index (Phi) is 4.44. The summed E-state index contributed by atoms with van der Waals surface area (Å²) in [6, 6.07) is 9.25. The number of amides is 1. The van der Waals surface area contributed by atoms with Crippen molar-refractivity contribution in [3.05, 3.63) is 63.7 Å². The van der Waals surface area contributed by atoms with Gasteiger partial charge in [-0.25, -0.2) is 14.5 Å². The Hall–Kier alpha value is -3.26. The fourth-order valence-corrected chi connectivity index (χ4v) is 2.38. The number of nitrogens with one attached hydrogen (secondary N) is 1. The normalized spacial score (nSPS) is 10.6. The van der Waals surface area contributed by atoms with Crippen molar-refractivity contribution in [2.24, 2.45) is 0 Å². The number of carboxylic acid groups (broad SMARTS) is 1. The van der Waals surface area contributed by atoms with Gasteiger partial charge in [0.05, 0.1) is 10.4 Å². The number of hydrogen-bond donors (Lipinski definition) is 2. The van der Waals surface area contributed by atoms with Gasteiger partial charge < -0.3 is 10.4 Å². The van der Waals surface area contributed by atoms with E-state index in [2.05, 4.69) is 15.4 Å². The second-order valence-corrected chi connectivity index (χ2v) is 5.51. The molecule has 0 fully saturated rings. The maximum Gasteiger partial charge on any atom is 0.357 e. The van der Waals surface area contributed by atoms with Crippen LogP contribution in [0.25, 0.3) is 10.8 Å². The van der Waals surface area contributed by atoms with Crippen molar-refractivity contribution in [2.75, 3.05) is 5.32 Å². The number of aromatic nitrogens is 3. The molecular formula is C16H11ClN4O4. The van der Waals surface area contributed by atoms with Gasteiger partial charge in [0.1, 0.15) is 12.4 Å². The summed E-state index contributed by atoms with van der Waals surface area (Å²) in [4.78, 5) is 39.8. The van der Waals surface area contributed by atoms with Crippen LogP contribution in [0.5, 0.6) is 0 Å². The summed E-state index contributed by atoms with van der Waals surface area (Å²) in [5, 5.41) is 16.4. The molecule has 0 unspecified atom stereocenters. The molecule has 0 radical (unpaired) electrons. The number of carbonyl (C=O) groups is 2. The van der Waals surface area contributed by atoms with E-state index in [1.807, 2.05) is 0 Å². The van der Waals surface area contributed by atoms with E-state index in [0.717, 1.165) is 4.68 Å². The first kappa shape index (κ1) is 16.6.